The largest absolute Gasteiger partial charge is 0.465 e. The van der Waals surface area contributed by atoms with Crippen LogP contribution in [0.5, 0.6) is 0 Å². The Labute approximate surface area is 256 Å². The summed E-state index contributed by atoms with van der Waals surface area (Å²) >= 11 is 0. The third-order valence-corrected chi connectivity index (χ3v) is 7.35. The molecule has 0 saturated heterocycles. The fourth-order valence-corrected chi connectivity index (χ4v) is 4.43. The van der Waals surface area contributed by atoms with Crippen molar-refractivity contribution in [2.24, 2.45) is 5.41 Å². The highest BCUT2D eigenvalue weighted by Crippen LogP contribution is 2.23. The lowest BCUT2D eigenvalue weighted by molar-refractivity contribution is -0.170. The van der Waals surface area contributed by atoms with Gasteiger partial charge >= 0.3 is 23.9 Å². The maximum atomic E-state index is 12.6. The molecule has 0 aliphatic carbocycles. The zero-order chi connectivity index (χ0) is 31.3. The highest BCUT2D eigenvalue weighted by atomic mass is 16.6. The van der Waals surface area contributed by atoms with Crippen LogP contribution in [-0.4, -0.2) is 50.3 Å². The van der Waals surface area contributed by atoms with Gasteiger partial charge in [0, 0.05) is 25.7 Å². The molecule has 0 fully saturated rings. The van der Waals surface area contributed by atoms with Crippen LogP contribution in [0.1, 0.15) is 163 Å². The number of hydrogen-bond donors (Lipinski definition) is 0. The van der Waals surface area contributed by atoms with Gasteiger partial charge in [-0.25, -0.2) is 0 Å². The molecule has 0 unspecified atom stereocenters. The van der Waals surface area contributed by atoms with Crippen molar-refractivity contribution >= 4 is 23.9 Å². The fraction of sp³-hybridized carbons (Fsp3) is 0.882. The fourth-order valence-electron chi connectivity index (χ4n) is 4.43. The Balaban J connectivity index is 5.44. The predicted molar refractivity (Wildman–Crippen MR) is 166 cm³/mol. The van der Waals surface area contributed by atoms with Gasteiger partial charge in [0.05, 0.1) is 0 Å². The highest BCUT2D eigenvalue weighted by Gasteiger charge is 2.38. The van der Waals surface area contributed by atoms with Crippen LogP contribution < -0.4 is 0 Å². The molecule has 0 heterocycles. The molecule has 0 aromatic carbocycles. The Bertz CT molecular complexity index is 676. The van der Waals surface area contributed by atoms with Crippen LogP contribution >= 0.6 is 0 Å². The monoisotopic (exact) mass is 598 g/mol. The summed E-state index contributed by atoms with van der Waals surface area (Å²) in [6, 6.07) is 0. The van der Waals surface area contributed by atoms with Gasteiger partial charge in [0.25, 0.3) is 0 Å². The van der Waals surface area contributed by atoms with Crippen molar-refractivity contribution in [2.45, 2.75) is 163 Å². The van der Waals surface area contributed by atoms with E-state index in [0.717, 1.165) is 109 Å². The maximum absolute atomic E-state index is 12.6. The van der Waals surface area contributed by atoms with Gasteiger partial charge in [-0.3, -0.25) is 19.2 Å². The molecule has 0 spiro atoms. The van der Waals surface area contributed by atoms with Crippen molar-refractivity contribution in [3.8, 4) is 0 Å². The second-order valence-corrected chi connectivity index (χ2v) is 11.7. The molecule has 0 saturated carbocycles. The Kier molecular flexibility index (Phi) is 26.3. The van der Waals surface area contributed by atoms with Crippen LogP contribution in [0.3, 0.4) is 0 Å². The van der Waals surface area contributed by atoms with Crippen molar-refractivity contribution < 1.29 is 38.1 Å². The SMILES string of the molecule is CCCCCCCC(=O)OCC(COC(=O)CCCCC)(COC(=O)CCCCCC)COC(=O)CCCCCCC. The first-order valence-corrected chi connectivity index (χ1v) is 16.9. The number of hydrogen-bond acceptors (Lipinski definition) is 8. The van der Waals surface area contributed by atoms with Crippen molar-refractivity contribution in [3.63, 3.8) is 0 Å². The third-order valence-electron chi connectivity index (χ3n) is 7.35. The van der Waals surface area contributed by atoms with Crippen molar-refractivity contribution in [3.05, 3.63) is 0 Å². The average Bonchev–Trinajstić information content (AvgIpc) is 2.98. The van der Waals surface area contributed by atoms with E-state index in [-0.39, 0.29) is 76.0 Å². The average molecular weight is 599 g/mol. The van der Waals surface area contributed by atoms with Gasteiger partial charge in [0.2, 0.25) is 0 Å². The summed E-state index contributed by atoms with van der Waals surface area (Å²) in [7, 11) is 0. The second kappa shape index (κ2) is 27.7. The van der Waals surface area contributed by atoms with Gasteiger partial charge in [0.15, 0.2) is 0 Å². The highest BCUT2D eigenvalue weighted by molar-refractivity contribution is 5.71. The van der Waals surface area contributed by atoms with E-state index in [1.54, 1.807) is 0 Å². The molecular formula is C34H62O8. The van der Waals surface area contributed by atoms with Crippen LogP contribution in [0.2, 0.25) is 0 Å². The molecule has 0 aliphatic heterocycles. The number of carbonyl (C=O) groups is 4. The molecule has 8 heteroatoms. The van der Waals surface area contributed by atoms with Gasteiger partial charge in [-0.15, -0.1) is 0 Å². The van der Waals surface area contributed by atoms with Crippen LogP contribution in [0, 0.1) is 5.41 Å². The Morgan fingerprint density at radius 3 is 0.857 bits per heavy atom. The number of rotatable bonds is 29. The summed E-state index contributed by atoms with van der Waals surface area (Å²) < 4.78 is 22.5. The maximum Gasteiger partial charge on any atom is 0.305 e. The van der Waals surface area contributed by atoms with Crippen molar-refractivity contribution in [2.75, 3.05) is 26.4 Å². The molecule has 246 valence electrons. The molecule has 0 atom stereocenters. The van der Waals surface area contributed by atoms with Gasteiger partial charge < -0.3 is 18.9 Å². The minimum absolute atomic E-state index is 0.171. The summed E-state index contributed by atoms with van der Waals surface area (Å²) in [6.07, 6.45) is 17.6. The van der Waals surface area contributed by atoms with E-state index in [1.165, 1.54) is 0 Å². The number of esters is 4. The van der Waals surface area contributed by atoms with Crippen LogP contribution in [-0.2, 0) is 38.1 Å². The molecular weight excluding hydrogens is 536 g/mol. The van der Waals surface area contributed by atoms with E-state index in [0.29, 0.717) is 0 Å². The zero-order valence-electron chi connectivity index (χ0n) is 27.4. The third kappa shape index (κ3) is 23.4. The van der Waals surface area contributed by atoms with E-state index in [9.17, 15) is 19.2 Å². The lowest BCUT2D eigenvalue weighted by atomic mass is 9.92. The topological polar surface area (TPSA) is 105 Å². The number of carbonyl (C=O) groups excluding carboxylic acids is 4. The van der Waals surface area contributed by atoms with E-state index >= 15 is 0 Å². The summed E-state index contributed by atoms with van der Waals surface area (Å²) in [5.41, 5.74) is -1.17. The molecule has 8 nitrogen and oxygen atoms in total. The molecule has 0 aromatic heterocycles. The summed E-state index contributed by atoms with van der Waals surface area (Å²) in [5, 5.41) is 0. The minimum Gasteiger partial charge on any atom is -0.465 e. The molecule has 0 amide bonds. The van der Waals surface area contributed by atoms with Gasteiger partial charge in [0.1, 0.15) is 31.8 Å². The Morgan fingerprint density at radius 1 is 0.357 bits per heavy atom. The van der Waals surface area contributed by atoms with Gasteiger partial charge in [-0.1, -0.05) is 111 Å². The first-order valence-electron chi connectivity index (χ1n) is 16.9. The van der Waals surface area contributed by atoms with Gasteiger partial charge in [-0.2, -0.15) is 0 Å². The van der Waals surface area contributed by atoms with Crippen LogP contribution in [0.15, 0.2) is 0 Å². The summed E-state index contributed by atoms with van der Waals surface area (Å²) in [4.78, 5) is 50.2. The molecule has 42 heavy (non-hydrogen) atoms. The lowest BCUT2D eigenvalue weighted by Crippen LogP contribution is -2.44. The van der Waals surface area contributed by atoms with Crippen molar-refractivity contribution in [1.29, 1.82) is 0 Å². The molecule has 0 aliphatic rings. The van der Waals surface area contributed by atoms with Crippen LogP contribution in [0.25, 0.3) is 0 Å². The standard InChI is InChI=1S/C34H62O8/c1-5-9-13-16-20-24-32(37)41-28-34(26-39-30(35)22-18-12-8-4,27-40-31(36)23-19-15-11-7-3)29-42-33(38)25-21-17-14-10-6-2/h5-29H2,1-4H3. The predicted octanol–water partition coefficient (Wildman–Crippen LogP) is 8.42. The van der Waals surface area contributed by atoms with Gasteiger partial charge in [-0.05, 0) is 25.7 Å². The van der Waals surface area contributed by atoms with E-state index in [4.69, 9.17) is 18.9 Å². The quantitative estimate of drug-likeness (QED) is 0.0480. The van der Waals surface area contributed by atoms with Crippen molar-refractivity contribution in [1.82, 2.24) is 0 Å². The number of ether oxygens (including phenoxy) is 4. The van der Waals surface area contributed by atoms with E-state index < -0.39 is 5.41 Å². The smallest absolute Gasteiger partial charge is 0.305 e. The molecule has 0 N–H and O–H groups in total. The normalized spacial score (nSPS) is 11.2. The summed E-state index contributed by atoms with van der Waals surface area (Å²) in [6.45, 7) is 7.76. The first kappa shape index (κ1) is 39.9. The lowest BCUT2D eigenvalue weighted by Gasteiger charge is -2.31. The molecule has 0 radical (unpaired) electrons. The summed E-state index contributed by atoms with van der Waals surface area (Å²) in [5.74, 6) is -1.46. The first-order chi connectivity index (χ1) is 20.3. The molecule has 0 aromatic rings. The van der Waals surface area contributed by atoms with Crippen LogP contribution in [0.4, 0.5) is 0 Å². The Hall–Kier alpha value is -2.12. The van der Waals surface area contributed by atoms with E-state index in [2.05, 4.69) is 27.7 Å². The zero-order valence-corrected chi connectivity index (χ0v) is 27.4. The molecule has 0 rings (SSSR count). The van der Waals surface area contributed by atoms with E-state index in [1.807, 2.05) is 0 Å². The molecule has 0 bridgehead atoms. The number of unbranched alkanes of at least 4 members (excludes halogenated alkanes) is 13. The Morgan fingerprint density at radius 2 is 0.571 bits per heavy atom. The minimum atomic E-state index is -1.17. The second-order valence-electron chi connectivity index (χ2n) is 11.7.